The van der Waals surface area contributed by atoms with Gasteiger partial charge in [0, 0.05) is 6.54 Å². The van der Waals surface area contributed by atoms with Crippen molar-refractivity contribution in [2.45, 2.75) is 77.0 Å². The summed E-state index contributed by atoms with van der Waals surface area (Å²) < 4.78 is 26.8. The Bertz CT molecular complexity index is 1310. The molecule has 0 amide bonds. The van der Waals surface area contributed by atoms with Gasteiger partial charge in [-0.15, -0.1) is 0 Å². The minimum atomic E-state index is -0.268. The zero-order valence-corrected chi connectivity index (χ0v) is 26.0. The second-order valence-electron chi connectivity index (χ2n) is 11.6. The van der Waals surface area contributed by atoms with Crippen molar-refractivity contribution in [3.05, 3.63) is 144 Å². The molecule has 5 nitrogen and oxygen atoms in total. The highest BCUT2D eigenvalue weighted by atomic mass is 16.6. The van der Waals surface area contributed by atoms with E-state index in [0.29, 0.717) is 33.0 Å². The van der Waals surface area contributed by atoms with Gasteiger partial charge in [-0.3, -0.25) is 4.90 Å². The first-order valence-electron chi connectivity index (χ1n) is 16.1. The van der Waals surface area contributed by atoms with Crippen molar-refractivity contribution in [1.82, 2.24) is 4.90 Å². The Morgan fingerprint density at radius 1 is 0.545 bits per heavy atom. The largest absolute Gasteiger partial charge is 0.375 e. The summed E-state index contributed by atoms with van der Waals surface area (Å²) in [6, 6.07) is 41.6. The Hall–Kier alpha value is -3.32. The summed E-state index contributed by atoms with van der Waals surface area (Å²) in [7, 11) is 0. The van der Waals surface area contributed by atoms with Crippen LogP contribution in [0.2, 0.25) is 0 Å². The van der Waals surface area contributed by atoms with Crippen molar-refractivity contribution in [2.75, 3.05) is 19.7 Å². The number of rotatable bonds is 17. The molecular weight excluding hydrogens is 546 g/mol. The van der Waals surface area contributed by atoms with Crippen molar-refractivity contribution in [1.29, 1.82) is 0 Å². The molecule has 0 bridgehead atoms. The van der Waals surface area contributed by atoms with Crippen LogP contribution in [0.15, 0.2) is 121 Å². The normalized spacial score (nSPS) is 20.5. The number of benzene rings is 4. The molecule has 5 rings (SSSR count). The molecule has 1 aliphatic heterocycles. The van der Waals surface area contributed by atoms with E-state index in [1.165, 1.54) is 18.4 Å². The van der Waals surface area contributed by atoms with Crippen LogP contribution in [-0.2, 0) is 45.4 Å². The molecule has 1 saturated heterocycles. The average Bonchev–Trinajstić information content (AvgIpc) is 3.08. The Balaban J connectivity index is 1.41. The first kappa shape index (κ1) is 32.1. The maximum absolute atomic E-state index is 6.88. The van der Waals surface area contributed by atoms with Gasteiger partial charge < -0.3 is 18.9 Å². The summed E-state index contributed by atoms with van der Waals surface area (Å²) >= 11 is 0. The molecule has 0 saturated carbocycles. The lowest BCUT2D eigenvalue weighted by Crippen LogP contribution is -2.64. The van der Waals surface area contributed by atoms with Crippen LogP contribution in [0.4, 0.5) is 0 Å². The molecule has 0 aliphatic carbocycles. The van der Waals surface area contributed by atoms with E-state index in [1.54, 1.807) is 0 Å². The van der Waals surface area contributed by atoms with Gasteiger partial charge in [0.15, 0.2) is 0 Å². The number of ether oxygens (including phenoxy) is 4. The molecule has 0 aromatic heterocycles. The number of nitrogens with zero attached hydrogens (tertiary/aromatic N) is 1. The zero-order valence-electron chi connectivity index (χ0n) is 26.0. The van der Waals surface area contributed by atoms with Gasteiger partial charge in [-0.25, -0.2) is 0 Å². The number of hydrogen-bond donors (Lipinski definition) is 0. The molecule has 232 valence electrons. The third-order valence-electron chi connectivity index (χ3n) is 8.28. The van der Waals surface area contributed by atoms with Gasteiger partial charge in [0.25, 0.3) is 0 Å². The van der Waals surface area contributed by atoms with E-state index in [1.807, 2.05) is 24.3 Å². The molecule has 44 heavy (non-hydrogen) atoms. The number of piperidine rings is 1. The monoisotopic (exact) mass is 593 g/mol. The van der Waals surface area contributed by atoms with E-state index in [-0.39, 0.29) is 24.4 Å². The van der Waals surface area contributed by atoms with Crippen LogP contribution in [0.3, 0.4) is 0 Å². The number of unbranched alkanes of at least 4 members (excludes halogenated alkanes) is 2. The maximum Gasteiger partial charge on any atom is 0.113 e. The summed E-state index contributed by atoms with van der Waals surface area (Å²) in [5, 5.41) is 0. The lowest BCUT2D eigenvalue weighted by Gasteiger charge is -2.48. The standard InChI is InChI=1S/C39H47NO4/c1-2-3-16-25-40-26-37(42-28-33-19-10-5-11-20-33)39(44-30-35-23-14-7-15-24-35)38(43-29-34-21-12-6-13-22-34)36(40)31-41-27-32-17-8-4-9-18-32/h4-15,17-24,36-39H,2-3,16,25-31H2,1H3. The predicted octanol–water partition coefficient (Wildman–Crippen LogP) is 7.83. The topological polar surface area (TPSA) is 40.2 Å². The van der Waals surface area contributed by atoms with Gasteiger partial charge in [-0.1, -0.05) is 141 Å². The molecule has 0 N–H and O–H groups in total. The van der Waals surface area contributed by atoms with Crippen LogP contribution in [0.5, 0.6) is 0 Å². The van der Waals surface area contributed by atoms with Crippen LogP contribution in [0, 0.1) is 0 Å². The summed E-state index contributed by atoms with van der Waals surface area (Å²) in [6.45, 7) is 6.62. The van der Waals surface area contributed by atoms with Crippen LogP contribution < -0.4 is 0 Å². The number of hydrogen-bond acceptors (Lipinski definition) is 5. The van der Waals surface area contributed by atoms with Crippen molar-refractivity contribution in [3.63, 3.8) is 0 Å². The molecule has 4 unspecified atom stereocenters. The van der Waals surface area contributed by atoms with Crippen LogP contribution in [0.25, 0.3) is 0 Å². The molecular formula is C39H47NO4. The number of likely N-dealkylation sites (tertiary alicyclic amines) is 1. The highest BCUT2D eigenvalue weighted by Gasteiger charge is 2.46. The molecule has 0 radical (unpaired) electrons. The first-order chi connectivity index (χ1) is 21.8. The van der Waals surface area contributed by atoms with Crippen LogP contribution in [-0.4, -0.2) is 49.0 Å². The fourth-order valence-corrected chi connectivity index (χ4v) is 5.87. The fourth-order valence-electron chi connectivity index (χ4n) is 5.87. The Morgan fingerprint density at radius 2 is 1.00 bits per heavy atom. The van der Waals surface area contributed by atoms with Gasteiger partial charge in [-0.2, -0.15) is 0 Å². The first-order valence-corrected chi connectivity index (χ1v) is 16.1. The molecule has 4 aromatic rings. The molecule has 1 aliphatic rings. The smallest absolute Gasteiger partial charge is 0.113 e. The highest BCUT2D eigenvalue weighted by Crippen LogP contribution is 2.29. The van der Waals surface area contributed by atoms with Gasteiger partial charge in [0.2, 0.25) is 0 Å². The lowest BCUT2D eigenvalue weighted by atomic mass is 9.92. The van der Waals surface area contributed by atoms with Gasteiger partial charge in [-0.05, 0) is 35.2 Å². The molecule has 0 spiro atoms. The average molecular weight is 594 g/mol. The van der Waals surface area contributed by atoms with E-state index in [0.717, 1.165) is 36.2 Å². The summed E-state index contributed by atoms with van der Waals surface area (Å²) in [4.78, 5) is 2.54. The summed E-state index contributed by atoms with van der Waals surface area (Å²) in [5.74, 6) is 0. The molecule has 1 fully saturated rings. The zero-order chi connectivity index (χ0) is 30.2. The van der Waals surface area contributed by atoms with Gasteiger partial charge in [0.05, 0.1) is 45.2 Å². The van der Waals surface area contributed by atoms with Crippen LogP contribution >= 0.6 is 0 Å². The minimum Gasteiger partial charge on any atom is -0.375 e. The van der Waals surface area contributed by atoms with Crippen molar-refractivity contribution in [2.24, 2.45) is 0 Å². The lowest BCUT2D eigenvalue weighted by molar-refractivity contribution is -0.210. The van der Waals surface area contributed by atoms with Crippen LogP contribution in [0.1, 0.15) is 48.4 Å². The second kappa shape index (κ2) is 17.8. The summed E-state index contributed by atoms with van der Waals surface area (Å²) in [5.41, 5.74) is 4.60. The van der Waals surface area contributed by atoms with Crippen molar-refractivity contribution < 1.29 is 18.9 Å². The maximum atomic E-state index is 6.88. The molecule has 1 heterocycles. The Labute approximate surface area is 263 Å². The van der Waals surface area contributed by atoms with Crippen molar-refractivity contribution in [3.8, 4) is 0 Å². The van der Waals surface area contributed by atoms with E-state index in [9.17, 15) is 0 Å². The van der Waals surface area contributed by atoms with E-state index < -0.39 is 0 Å². The van der Waals surface area contributed by atoms with E-state index in [4.69, 9.17) is 18.9 Å². The Morgan fingerprint density at radius 3 is 1.50 bits per heavy atom. The summed E-state index contributed by atoms with van der Waals surface area (Å²) in [6.07, 6.45) is 2.81. The molecule has 5 heteroatoms. The minimum absolute atomic E-state index is 0.0247. The highest BCUT2D eigenvalue weighted by molar-refractivity contribution is 5.16. The van der Waals surface area contributed by atoms with Gasteiger partial charge >= 0.3 is 0 Å². The third-order valence-corrected chi connectivity index (χ3v) is 8.28. The predicted molar refractivity (Wildman–Crippen MR) is 176 cm³/mol. The van der Waals surface area contributed by atoms with Gasteiger partial charge in [0.1, 0.15) is 12.2 Å². The second-order valence-corrected chi connectivity index (χ2v) is 11.6. The van der Waals surface area contributed by atoms with E-state index in [2.05, 4.69) is 109 Å². The third kappa shape index (κ3) is 9.85. The SMILES string of the molecule is CCCCCN1CC(OCc2ccccc2)C(OCc2ccccc2)C(OCc2ccccc2)C1COCc1ccccc1. The van der Waals surface area contributed by atoms with E-state index >= 15 is 0 Å². The molecule has 4 aromatic carbocycles. The molecule has 4 atom stereocenters. The fraction of sp³-hybridized carbons (Fsp3) is 0.385. The quantitative estimate of drug-likeness (QED) is 0.117. The Kier molecular flexibility index (Phi) is 13.0. The van der Waals surface area contributed by atoms with Crippen molar-refractivity contribution >= 4 is 0 Å².